The van der Waals surface area contributed by atoms with Gasteiger partial charge >= 0.3 is 0 Å². The molecule has 0 fully saturated rings. The number of aryl methyl sites for hydroxylation is 2. The van der Waals surface area contributed by atoms with E-state index in [1.807, 2.05) is 52.0 Å². The minimum atomic E-state index is -3.85. The van der Waals surface area contributed by atoms with Gasteiger partial charge < -0.3 is 10.2 Å². The highest BCUT2D eigenvalue weighted by atomic mass is 32.2. The Kier molecular flexibility index (Phi) is 9.19. The Morgan fingerprint density at radius 2 is 1.58 bits per heavy atom. The molecule has 0 saturated carbocycles. The van der Waals surface area contributed by atoms with Crippen molar-refractivity contribution in [2.75, 3.05) is 20.1 Å². The number of carbonyl (C=O) groups excluding carboxylic acids is 2. The van der Waals surface area contributed by atoms with Crippen molar-refractivity contribution in [2.45, 2.75) is 52.1 Å². The van der Waals surface area contributed by atoms with Crippen LogP contribution in [0.15, 0.2) is 53.4 Å². The standard InChI is InChI=1S/C25H35N3O4S/c1-18(2)15-26-25(30)21(5)28(16-22-10-8-7-9-20(22)4)24(29)17-27(6)33(31,32)23-13-11-19(3)12-14-23/h7-14,18,21H,15-17H2,1-6H3,(H,26,30)/t21-/m0/s1. The number of likely N-dealkylation sites (N-methyl/N-ethyl adjacent to an activating group) is 1. The first kappa shape index (κ1) is 26.5. The van der Waals surface area contributed by atoms with Crippen molar-refractivity contribution in [3.8, 4) is 0 Å². The van der Waals surface area contributed by atoms with Crippen molar-refractivity contribution in [3.63, 3.8) is 0 Å². The molecule has 1 atom stereocenters. The zero-order chi connectivity index (χ0) is 24.8. The summed E-state index contributed by atoms with van der Waals surface area (Å²) in [6.45, 7) is 9.80. The van der Waals surface area contributed by atoms with E-state index in [1.54, 1.807) is 19.1 Å². The Labute approximate surface area is 197 Å². The van der Waals surface area contributed by atoms with Crippen molar-refractivity contribution in [2.24, 2.45) is 5.92 Å². The zero-order valence-corrected chi connectivity index (χ0v) is 21.1. The fourth-order valence-electron chi connectivity index (χ4n) is 3.26. The van der Waals surface area contributed by atoms with Crippen LogP contribution in [0.2, 0.25) is 0 Å². The van der Waals surface area contributed by atoms with E-state index in [2.05, 4.69) is 5.32 Å². The van der Waals surface area contributed by atoms with Gasteiger partial charge in [-0.25, -0.2) is 8.42 Å². The Balaban J connectivity index is 2.27. The molecule has 0 spiro atoms. The van der Waals surface area contributed by atoms with Gasteiger partial charge in [0.15, 0.2) is 0 Å². The Bertz CT molecular complexity index is 1070. The number of nitrogens with one attached hydrogen (secondary N) is 1. The minimum absolute atomic E-state index is 0.122. The fourth-order valence-corrected chi connectivity index (χ4v) is 4.38. The van der Waals surface area contributed by atoms with E-state index in [0.29, 0.717) is 6.54 Å². The summed E-state index contributed by atoms with van der Waals surface area (Å²) in [7, 11) is -2.47. The lowest BCUT2D eigenvalue weighted by Crippen LogP contribution is -2.51. The average molecular weight is 474 g/mol. The van der Waals surface area contributed by atoms with Crippen LogP contribution in [0.1, 0.15) is 37.5 Å². The van der Waals surface area contributed by atoms with Gasteiger partial charge in [0.2, 0.25) is 21.8 Å². The predicted octanol–water partition coefficient (Wildman–Crippen LogP) is 3.11. The monoisotopic (exact) mass is 473 g/mol. The number of sulfonamides is 1. The highest BCUT2D eigenvalue weighted by Gasteiger charge is 2.30. The molecule has 0 heterocycles. The molecule has 0 aliphatic carbocycles. The minimum Gasteiger partial charge on any atom is -0.354 e. The van der Waals surface area contributed by atoms with E-state index in [4.69, 9.17) is 0 Å². The van der Waals surface area contributed by atoms with Crippen molar-refractivity contribution in [1.29, 1.82) is 0 Å². The Morgan fingerprint density at radius 3 is 2.15 bits per heavy atom. The average Bonchev–Trinajstić information content (AvgIpc) is 2.76. The van der Waals surface area contributed by atoms with Crippen molar-refractivity contribution >= 4 is 21.8 Å². The van der Waals surface area contributed by atoms with Crippen LogP contribution in [0.3, 0.4) is 0 Å². The van der Waals surface area contributed by atoms with Crippen LogP contribution in [-0.2, 0) is 26.2 Å². The molecule has 0 aliphatic rings. The van der Waals surface area contributed by atoms with Gasteiger partial charge in [-0.05, 0) is 49.9 Å². The second-order valence-electron chi connectivity index (χ2n) is 8.84. The third-order valence-electron chi connectivity index (χ3n) is 5.54. The van der Waals surface area contributed by atoms with Gasteiger partial charge in [0.25, 0.3) is 0 Å². The molecule has 0 unspecified atom stereocenters. The molecule has 7 nitrogen and oxygen atoms in total. The number of amides is 2. The molecular weight excluding hydrogens is 438 g/mol. The Hall–Kier alpha value is -2.71. The van der Waals surface area contributed by atoms with E-state index in [-0.39, 0.29) is 29.8 Å². The summed E-state index contributed by atoms with van der Waals surface area (Å²) in [5.41, 5.74) is 2.84. The second kappa shape index (κ2) is 11.4. The van der Waals surface area contributed by atoms with Crippen LogP contribution in [-0.4, -0.2) is 55.6 Å². The van der Waals surface area contributed by atoms with Gasteiger partial charge in [-0.3, -0.25) is 9.59 Å². The molecule has 180 valence electrons. The first-order chi connectivity index (χ1) is 15.4. The predicted molar refractivity (Wildman–Crippen MR) is 130 cm³/mol. The summed E-state index contributed by atoms with van der Waals surface area (Å²) in [4.78, 5) is 27.7. The topological polar surface area (TPSA) is 86.8 Å². The summed E-state index contributed by atoms with van der Waals surface area (Å²) < 4.78 is 27.0. The van der Waals surface area contributed by atoms with Crippen LogP contribution >= 0.6 is 0 Å². The number of nitrogens with zero attached hydrogens (tertiary/aromatic N) is 2. The molecule has 0 saturated heterocycles. The van der Waals surface area contributed by atoms with Gasteiger partial charge in [0.05, 0.1) is 11.4 Å². The van der Waals surface area contributed by atoms with Crippen molar-refractivity contribution in [1.82, 2.24) is 14.5 Å². The summed E-state index contributed by atoms with van der Waals surface area (Å²) in [6, 6.07) is 13.4. The lowest BCUT2D eigenvalue weighted by atomic mass is 10.1. The fraction of sp³-hybridized carbons (Fsp3) is 0.440. The molecule has 1 N–H and O–H groups in total. The molecule has 2 aromatic rings. The highest BCUT2D eigenvalue weighted by Crippen LogP contribution is 2.17. The van der Waals surface area contributed by atoms with Gasteiger partial charge in [-0.1, -0.05) is 55.8 Å². The zero-order valence-electron chi connectivity index (χ0n) is 20.3. The van der Waals surface area contributed by atoms with Gasteiger partial charge in [0.1, 0.15) is 6.04 Å². The maximum atomic E-state index is 13.3. The Morgan fingerprint density at radius 1 is 0.970 bits per heavy atom. The maximum Gasteiger partial charge on any atom is 0.243 e. The number of hydrogen-bond donors (Lipinski definition) is 1. The summed E-state index contributed by atoms with van der Waals surface area (Å²) in [6.07, 6.45) is 0. The van der Waals surface area contributed by atoms with E-state index in [1.165, 1.54) is 24.1 Å². The molecule has 0 aromatic heterocycles. The van der Waals surface area contributed by atoms with E-state index in [0.717, 1.165) is 21.0 Å². The lowest BCUT2D eigenvalue weighted by Gasteiger charge is -2.31. The number of carbonyl (C=O) groups is 2. The highest BCUT2D eigenvalue weighted by molar-refractivity contribution is 7.89. The van der Waals surface area contributed by atoms with E-state index >= 15 is 0 Å². The molecule has 2 amide bonds. The van der Waals surface area contributed by atoms with Crippen LogP contribution in [0.4, 0.5) is 0 Å². The van der Waals surface area contributed by atoms with E-state index < -0.39 is 22.0 Å². The van der Waals surface area contributed by atoms with Crippen molar-refractivity contribution < 1.29 is 18.0 Å². The van der Waals surface area contributed by atoms with Crippen LogP contribution in [0.25, 0.3) is 0 Å². The van der Waals surface area contributed by atoms with E-state index in [9.17, 15) is 18.0 Å². The quantitative estimate of drug-likeness (QED) is 0.574. The van der Waals surface area contributed by atoms with Crippen LogP contribution < -0.4 is 5.32 Å². The third kappa shape index (κ3) is 7.14. The third-order valence-corrected chi connectivity index (χ3v) is 7.36. The van der Waals surface area contributed by atoms with Crippen molar-refractivity contribution in [3.05, 3.63) is 65.2 Å². The molecular formula is C25H35N3O4S. The molecule has 2 aromatic carbocycles. The first-order valence-electron chi connectivity index (χ1n) is 11.1. The SMILES string of the molecule is Cc1ccc(S(=O)(=O)N(C)CC(=O)N(Cc2ccccc2C)[C@@H](C)C(=O)NCC(C)C)cc1. The van der Waals surface area contributed by atoms with Crippen LogP contribution in [0.5, 0.6) is 0 Å². The number of hydrogen-bond acceptors (Lipinski definition) is 4. The van der Waals surface area contributed by atoms with Gasteiger partial charge in [-0.15, -0.1) is 0 Å². The maximum absolute atomic E-state index is 13.3. The van der Waals surface area contributed by atoms with Gasteiger partial charge in [-0.2, -0.15) is 4.31 Å². The molecule has 0 radical (unpaired) electrons. The molecule has 0 bridgehead atoms. The van der Waals surface area contributed by atoms with Gasteiger partial charge in [0, 0.05) is 20.1 Å². The second-order valence-corrected chi connectivity index (χ2v) is 10.9. The van der Waals surface area contributed by atoms with Crippen LogP contribution in [0, 0.1) is 19.8 Å². The lowest BCUT2D eigenvalue weighted by molar-refractivity contribution is -0.140. The summed E-state index contributed by atoms with van der Waals surface area (Å²) in [5.74, 6) is -0.439. The molecule has 2 rings (SSSR count). The summed E-state index contributed by atoms with van der Waals surface area (Å²) in [5, 5.41) is 2.87. The largest absolute Gasteiger partial charge is 0.354 e. The first-order valence-corrected chi connectivity index (χ1v) is 12.5. The molecule has 0 aliphatic heterocycles. The molecule has 8 heteroatoms. The smallest absolute Gasteiger partial charge is 0.243 e. The molecule has 33 heavy (non-hydrogen) atoms. The summed E-state index contributed by atoms with van der Waals surface area (Å²) >= 11 is 0. The number of benzene rings is 2. The normalized spacial score (nSPS) is 12.6. The number of rotatable bonds is 10.